The molecule has 4 nitrogen and oxygen atoms in total. The summed E-state index contributed by atoms with van der Waals surface area (Å²) in [5.74, 6) is 0.292. The molecule has 0 aliphatic heterocycles. The van der Waals surface area contributed by atoms with Crippen molar-refractivity contribution in [2.45, 2.75) is 5.75 Å². The maximum absolute atomic E-state index is 11.6. The first kappa shape index (κ1) is 15.2. The third kappa shape index (κ3) is 4.70. The number of halogens is 1. The first-order valence-electron chi connectivity index (χ1n) is 5.79. The van der Waals surface area contributed by atoms with Crippen molar-refractivity contribution in [2.24, 2.45) is 0 Å². The van der Waals surface area contributed by atoms with Crippen LogP contribution in [-0.4, -0.2) is 29.1 Å². The smallest absolute Gasteiger partial charge is 0.316 e. The van der Waals surface area contributed by atoms with E-state index in [0.717, 1.165) is 9.21 Å². The number of thioether (sulfide) groups is 1. The highest BCUT2D eigenvalue weighted by Gasteiger charge is 2.10. The first-order chi connectivity index (χ1) is 9.65. The second kappa shape index (κ2) is 7.52. The van der Waals surface area contributed by atoms with Gasteiger partial charge < -0.3 is 9.72 Å². The molecule has 7 heteroatoms. The van der Waals surface area contributed by atoms with Crippen molar-refractivity contribution in [3.63, 3.8) is 0 Å². The average molecular weight is 330 g/mol. The van der Waals surface area contributed by atoms with Crippen LogP contribution in [0.2, 0.25) is 4.34 Å². The minimum Gasteiger partial charge on any atom is -0.457 e. The lowest BCUT2D eigenvalue weighted by Crippen LogP contribution is -2.15. The number of thiophene rings is 1. The Morgan fingerprint density at radius 3 is 2.85 bits per heavy atom. The van der Waals surface area contributed by atoms with Gasteiger partial charge in [0.05, 0.1) is 15.8 Å². The van der Waals surface area contributed by atoms with Gasteiger partial charge in [0.25, 0.3) is 0 Å². The lowest BCUT2D eigenvalue weighted by Gasteiger charge is -2.03. The van der Waals surface area contributed by atoms with E-state index in [2.05, 4.69) is 4.98 Å². The van der Waals surface area contributed by atoms with E-state index < -0.39 is 5.97 Å². The van der Waals surface area contributed by atoms with E-state index in [-0.39, 0.29) is 18.1 Å². The number of aromatic amines is 1. The van der Waals surface area contributed by atoms with Gasteiger partial charge in [0, 0.05) is 16.8 Å². The summed E-state index contributed by atoms with van der Waals surface area (Å²) in [7, 11) is 0. The van der Waals surface area contributed by atoms with Crippen LogP contribution in [0.3, 0.4) is 0 Å². The quantitative estimate of drug-likeness (QED) is 0.625. The molecule has 0 bridgehead atoms. The van der Waals surface area contributed by atoms with E-state index >= 15 is 0 Å². The molecule has 0 radical (unpaired) electrons. The lowest BCUT2D eigenvalue weighted by molar-refractivity contribution is -0.139. The zero-order chi connectivity index (χ0) is 14.4. The summed E-state index contributed by atoms with van der Waals surface area (Å²) < 4.78 is 5.65. The molecule has 0 saturated carbocycles. The molecule has 2 aromatic rings. The van der Waals surface area contributed by atoms with E-state index in [1.165, 1.54) is 23.1 Å². The predicted octanol–water partition coefficient (Wildman–Crippen LogP) is 3.39. The van der Waals surface area contributed by atoms with Crippen LogP contribution < -0.4 is 0 Å². The second-order valence-electron chi connectivity index (χ2n) is 3.87. The van der Waals surface area contributed by atoms with E-state index in [0.29, 0.717) is 11.4 Å². The second-order valence-corrected chi connectivity index (χ2v) is 6.65. The first-order valence-corrected chi connectivity index (χ1v) is 8.14. The van der Waals surface area contributed by atoms with Gasteiger partial charge in [0.1, 0.15) is 0 Å². The van der Waals surface area contributed by atoms with Crippen LogP contribution in [0.1, 0.15) is 15.4 Å². The molecule has 0 atom stereocenters. The molecule has 0 aliphatic rings. The summed E-state index contributed by atoms with van der Waals surface area (Å²) in [6.45, 7) is -0.231. The molecule has 2 heterocycles. The maximum atomic E-state index is 11.6. The van der Waals surface area contributed by atoms with Crippen molar-refractivity contribution < 1.29 is 14.3 Å². The molecule has 0 unspecified atom stereocenters. The lowest BCUT2D eigenvalue weighted by atomic mass is 10.3. The molecular weight excluding hydrogens is 318 g/mol. The van der Waals surface area contributed by atoms with Crippen molar-refractivity contribution in [3.8, 4) is 0 Å². The SMILES string of the molecule is O=C(CSCc1ccc(Cl)s1)OCC(=O)c1ccc[nH]1. The third-order valence-electron chi connectivity index (χ3n) is 2.36. The Morgan fingerprint density at radius 2 is 2.20 bits per heavy atom. The summed E-state index contributed by atoms with van der Waals surface area (Å²) in [6, 6.07) is 7.12. The van der Waals surface area contributed by atoms with Crippen LogP contribution >= 0.6 is 34.7 Å². The molecule has 0 spiro atoms. The van der Waals surface area contributed by atoms with Gasteiger partial charge in [-0.2, -0.15) is 0 Å². The number of aromatic nitrogens is 1. The number of hydrogen-bond donors (Lipinski definition) is 1. The number of esters is 1. The van der Waals surface area contributed by atoms with Crippen LogP contribution in [0.25, 0.3) is 0 Å². The standard InChI is InChI=1S/C13H12ClNO3S2/c14-12-4-3-9(20-12)7-19-8-13(17)18-6-11(16)10-2-1-5-15-10/h1-5,15H,6-8H2. The molecule has 0 saturated heterocycles. The van der Waals surface area contributed by atoms with Crippen molar-refractivity contribution in [1.29, 1.82) is 0 Å². The molecular formula is C13H12ClNO3S2. The summed E-state index contributed by atoms with van der Waals surface area (Å²) in [5.41, 5.74) is 0.443. The largest absolute Gasteiger partial charge is 0.457 e. The number of H-pyrrole nitrogens is 1. The van der Waals surface area contributed by atoms with Gasteiger partial charge in [-0.25, -0.2) is 0 Å². The number of ether oxygens (including phenoxy) is 1. The summed E-state index contributed by atoms with van der Waals surface area (Å²) in [6.07, 6.45) is 1.65. The van der Waals surface area contributed by atoms with Gasteiger partial charge in [0.15, 0.2) is 6.61 Å². The Hall–Kier alpha value is -1.24. The van der Waals surface area contributed by atoms with Crippen molar-refractivity contribution in [2.75, 3.05) is 12.4 Å². The van der Waals surface area contributed by atoms with Crippen molar-refractivity contribution in [3.05, 3.63) is 45.4 Å². The van der Waals surface area contributed by atoms with E-state index in [4.69, 9.17) is 16.3 Å². The number of rotatable bonds is 7. The summed E-state index contributed by atoms with van der Waals surface area (Å²) in [4.78, 5) is 26.9. The van der Waals surface area contributed by atoms with E-state index in [1.54, 1.807) is 18.3 Å². The molecule has 20 heavy (non-hydrogen) atoms. The van der Waals surface area contributed by atoms with Crippen LogP contribution in [0, 0.1) is 0 Å². The van der Waals surface area contributed by atoms with Gasteiger partial charge in [-0.15, -0.1) is 23.1 Å². The number of ketones is 1. The zero-order valence-corrected chi connectivity index (χ0v) is 12.8. The van der Waals surface area contributed by atoms with Gasteiger partial charge in [-0.3, -0.25) is 9.59 Å². The van der Waals surface area contributed by atoms with Gasteiger partial charge in [-0.1, -0.05) is 11.6 Å². The molecule has 0 amide bonds. The molecule has 0 aromatic carbocycles. The average Bonchev–Trinajstić information content (AvgIpc) is 3.07. The maximum Gasteiger partial charge on any atom is 0.316 e. The Bertz CT molecular complexity index is 580. The topological polar surface area (TPSA) is 59.2 Å². The molecule has 0 fully saturated rings. The fourth-order valence-corrected chi connectivity index (χ4v) is 3.45. The fourth-order valence-electron chi connectivity index (χ4n) is 1.43. The van der Waals surface area contributed by atoms with Crippen molar-refractivity contribution in [1.82, 2.24) is 4.98 Å². The number of Topliss-reactive ketones (excluding diaryl/α,β-unsaturated/α-hetero) is 1. The van der Waals surface area contributed by atoms with Crippen LogP contribution in [0.4, 0.5) is 0 Å². The van der Waals surface area contributed by atoms with Crippen LogP contribution in [-0.2, 0) is 15.3 Å². The van der Waals surface area contributed by atoms with E-state index in [1.807, 2.05) is 12.1 Å². The highest BCUT2D eigenvalue weighted by molar-refractivity contribution is 7.99. The Balaban J connectivity index is 1.64. The summed E-state index contributed by atoms with van der Waals surface area (Å²) >= 11 is 8.74. The predicted molar refractivity (Wildman–Crippen MR) is 81.6 cm³/mol. The highest BCUT2D eigenvalue weighted by atomic mass is 35.5. The molecule has 1 N–H and O–H groups in total. The number of carbonyl (C=O) groups is 2. The number of hydrogen-bond acceptors (Lipinski definition) is 5. The van der Waals surface area contributed by atoms with Gasteiger partial charge in [-0.05, 0) is 24.3 Å². The van der Waals surface area contributed by atoms with Crippen LogP contribution in [0.15, 0.2) is 30.5 Å². The molecule has 2 aromatic heterocycles. The molecule has 106 valence electrons. The zero-order valence-electron chi connectivity index (χ0n) is 10.4. The van der Waals surface area contributed by atoms with Crippen LogP contribution in [0.5, 0.6) is 0 Å². The monoisotopic (exact) mass is 329 g/mol. The molecule has 0 aliphatic carbocycles. The minimum absolute atomic E-state index is 0.216. The minimum atomic E-state index is -0.391. The number of carbonyl (C=O) groups excluding carboxylic acids is 2. The third-order valence-corrected chi connectivity index (χ3v) is 4.72. The van der Waals surface area contributed by atoms with Gasteiger partial charge >= 0.3 is 5.97 Å². The Morgan fingerprint density at radius 1 is 1.35 bits per heavy atom. The van der Waals surface area contributed by atoms with Gasteiger partial charge in [0.2, 0.25) is 5.78 Å². The summed E-state index contributed by atoms with van der Waals surface area (Å²) in [5, 5.41) is 0. The Labute approximate surface area is 129 Å². The van der Waals surface area contributed by atoms with Crippen molar-refractivity contribution >= 4 is 46.5 Å². The highest BCUT2D eigenvalue weighted by Crippen LogP contribution is 2.25. The fraction of sp³-hybridized carbons (Fsp3) is 0.231. The normalized spacial score (nSPS) is 10.4. The molecule has 2 rings (SSSR count). The number of nitrogens with one attached hydrogen (secondary N) is 1. The van der Waals surface area contributed by atoms with E-state index in [9.17, 15) is 9.59 Å². The Kier molecular flexibility index (Phi) is 5.70.